The fourth-order valence-corrected chi connectivity index (χ4v) is 2.00. The largest absolute Gasteiger partial charge is 0.328 e. The average molecular weight is 205 g/mol. The molecule has 3 heteroatoms. The molecule has 15 heavy (non-hydrogen) atoms. The van der Waals surface area contributed by atoms with Gasteiger partial charge in [-0.3, -0.25) is 4.98 Å². The number of aromatic nitrogens is 1. The Morgan fingerprint density at radius 2 is 2.13 bits per heavy atom. The highest BCUT2D eigenvalue weighted by Crippen LogP contribution is 2.08. The van der Waals surface area contributed by atoms with Crippen molar-refractivity contribution < 1.29 is 0 Å². The van der Waals surface area contributed by atoms with Gasteiger partial charge in [-0.05, 0) is 38.1 Å². The van der Waals surface area contributed by atoms with Gasteiger partial charge in [-0.15, -0.1) is 0 Å². The van der Waals surface area contributed by atoms with Gasteiger partial charge in [0.1, 0.15) is 0 Å². The zero-order chi connectivity index (χ0) is 10.5. The smallest absolute Gasteiger partial charge is 0.0416 e. The van der Waals surface area contributed by atoms with Crippen molar-refractivity contribution in [2.75, 3.05) is 19.6 Å². The third kappa shape index (κ3) is 3.29. The van der Waals surface area contributed by atoms with Crippen LogP contribution in [-0.2, 0) is 6.42 Å². The first kappa shape index (κ1) is 10.6. The third-order valence-corrected chi connectivity index (χ3v) is 3.04. The average Bonchev–Trinajstić information content (AvgIpc) is 2.30. The summed E-state index contributed by atoms with van der Waals surface area (Å²) in [6.45, 7) is 3.41. The fraction of sp³-hybridized carbons (Fsp3) is 0.583. The zero-order valence-electron chi connectivity index (χ0n) is 9.10. The molecule has 0 radical (unpaired) electrons. The first-order valence-electron chi connectivity index (χ1n) is 5.72. The standard InChI is InChI=1S/C12H19N3/c13-11-4-8-15(9-5-11)10-6-12-3-1-2-7-14-12/h1-3,7,11H,4-6,8-10,13H2. The molecule has 2 rings (SSSR count). The van der Waals surface area contributed by atoms with Gasteiger partial charge < -0.3 is 10.6 Å². The van der Waals surface area contributed by atoms with E-state index < -0.39 is 0 Å². The van der Waals surface area contributed by atoms with Crippen molar-refractivity contribution >= 4 is 0 Å². The fourth-order valence-electron chi connectivity index (χ4n) is 2.00. The van der Waals surface area contributed by atoms with Crippen LogP contribution in [0.2, 0.25) is 0 Å². The number of hydrogen-bond donors (Lipinski definition) is 1. The lowest BCUT2D eigenvalue weighted by Gasteiger charge is -2.29. The summed E-state index contributed by atoms with van der Waals surface area (Å²) < 4.78 is 0. The monoisotopic (exact) mass is 205 g/mol. The van der Waals surface area contributed by atoms with Crippen LogP contribution in [-0.4, -0.2) is 35.6 Å². The second kappa shape index (κ2) is 5.24. The predicted octanol–water partition coefficient (Wildman–Crippen LogP) is 1.05. The Hall–Kier alpha value is -0.930. The molecule has 0 unspecified atom stereocenters. The van der Waals surface area contributed by atoms with Gasteiger partial charge in [0.2, 0.25) is 0 Å². The van der Waals surface area contributed by atoms with E-state index in [1.165, 1.54) is 5.69 Å². The van der Waals surface area contributed by atoms with Crippen molar-refractivity contribution in [2.45, 2.75) is 25.3 Å². The molecule has 0 aliphatic carbocycles. The number of piperidine rings is 1. The highest BCUT2D eigenvalue weighted by Gasteiger charge is 2.15. The van der Waals surface area contributed by atoms with Gasteiger partial charge in [-0.2, -0.15) is 0 Å². The predicted molar refractivity (Wildman–Crippen MR) is 61.6 cm³/mol. The molecule has 1 saturated heterocycles. The lowest BCUT2D eigenvalue weighted by molar-refractivity contribution is 0.215. The third-order valence-electron chi connectivity index (χ3n) is 3.04. The van der Waals surface area contributed by atoms with Gasteiger partial charge in [0.05, 0.1) is 0 Å². The molecule has 0 aromatic carbocycles. The highest BCUT2D eigenvalue weighted by atomic mass is 15.1. The van der Waals surface area contributed by atoms with Crippen molar-refractivity contribution in [1.29, 1.82) is 0 Å². The highest BCUT2D eigenvalue weighted by molar-refractivity contribution is 5.03. The van der Waals surface area contributed by atoms with E-state index >= 15 is 0 Å². The summed E-state index contributed by atoms with van der Waals surface area (Å²) in [6, 6.07) is 6.53. The summed E-state index contributed by atoms with van der Waals surface area (Å²) in [5.41, 5.74) is 7.05. The molecule has 0 spiro atoms. The molecule has 1 aromatic rings. The van der Waals surface area contributed by atoms with Crippen LogP contribution < -0.4 is 5.73 Å². The minimum absolute atomic E-state index is 0.427. The number of nitrogens with two attached hydrogens (primary N) is 1. The van der Waals surface area contributed by atoms with Crippen LogP contribution in [0.25, 0.3) is 0 Å². The maximum absolute atomic E-state index is 5.87. The van der Waals surface area contributed by atoms with Gasteiger partial charge in [0, 0.05) is 30.9 Å². The molecule has 1 aliphatic heterocycles. The molecule has 2 N–H and O–H groups in total. The van der Waals surface area contributed by atoms with E-state index in [1.54, 1.807) is 0 Å². The summed E-state index contributed by atoms with van der Waals surface area (Å²) in [5, 5.41) is 0. The second-order valence-corrected chi connectivity index (χ2v) is 4.25. The molecule has 1 aliphatic rings. The number of likely N-dealkylation sites (tertiary alicyclic amines) is 1. The minimum Gasteiger partial charge on any atom is -0.328 e. The maximum Gasteiger partial charge on any atom is 0.0416 e. The topological polar surface area (TPSA) is 42.1 Å². The van der Waals surface area contributed by atoms with E-state index in [1.807, 2.05) is 12.3 Å². The van der Waals surface area contributed by atoms with Gasteiger partial charge in [0.25, 0.3) is 0 Å². The lowest BCUT2D eigenvalue weighted by atomic mass is 10.1. The molecular weight excluding hydrogens is 186 g/mol. The summed E-state index contributed by atoms with van der Waals surface area (Å²) in [7, 11) is 0. The molecule has 0 atom stereocenters. The quantitative estimate of drug-likeness (QED) is 0.802. The molecule has 1 fully saturated rings. The van der Waals surface area contributed by atoms with Crippen LogP contribution in [0.15, 0.2) is 24.4 Å². The van der Waals surface area contributed by atoms with Crippen LogP contribution in [0.5, 0.6) is 0 Å². The van der Waals surface area contributed by atoms with Crippen LogP contribution in [0.3, 0.4) is 0 Å². The van der Waals surface area contributed by atoms with E-state index in [4.69, 9.17) is 5.73 Å². The summed E-state index contributed by atoms with van der Waals surface area (Å²) >= 11 is 0. The van der Waals surface area contributed by atoms with E-state index in [0.29, 0.717) is 6.04 Å². The number of nitrogens with zero attached hydrogens (tertiary/aromatic N) is 2. The number of hydrogen-bond acceptors (Lipinski definition) is 3. The molecule has 1 aromatic heterocycles. The minimum atomic E-state index is 0.427. The first-order valence-corrected chi connectivity index (χ1v) is 5.72. The Kier molecular flexibility index (Phi) is 3.69. The van der Waals surface area contributed by atoms with Crippen LogP contribution in [0.1, 0.15) is 18.5 Å². The van der Waals surface area contributed by atoms with Gasteiger partial charge in [-0.1, -0.05) is 6.07 Å². The van der Waals surface area contributed by atoms with E-state index in [9.17, 15) is 0 Å². The van der Waals surface area contributed by atoms with Crippen molar-refractivity contribution in [2.24, 2.45) is 5.73 Å². The Morgan fingerprint density at radius 3 is 2.80 bits per heavy atom. The normalized spacial score (nSPS) is 19.3. The van der Waals surface area contributed by atoms with Crippen LogP contribution in [0.4, 0.5) is 0 Å². The molecular formula is C12H19N3. The van der Waals surface area contributed by atoms with E-state index in [0.717, 1.165) is 38.9 Å². The summed E-state index contributed by atoms with van der Waals surface area (Å²) in [5.74, 6) is 0. The number of pyridine rings is 1. The molecule has 0 bridgehead atoms. The Labute approximate surface area is 91.3 Å². The second-order valence-electron chi connectivity index (χ2n) is 4.25. The van der Waals surface area contributed by atoms with Crippen molar-refractivity contribution in [1.82, 2.24) is 9.88 Å². The molecule has 0 saturated carbocycles. The van der Waals surface area contributed by atoms with Crippen LogP contribution >= 0.6 is 0 Å². The van der Waals surface area contributed by atoms with Crippen molar-refractivity contribution in [3.63, 3.8) is 0 Å². The Balaban J connectivity index is 1.74. The molecule has 0 amide bonds. The van der Waals surface area contributed by atoms with Gasteiger partial charge in [0.15, 0.2) is 0 Å². The van der Waals surface area contributed by atoms with Crippen molar-refractivity contribution in [3.05, 3.63) is 30.1 Å². The Bertz CT molecular complexity index is 278. The molecule has 82 valence electrons. The van der Waals surface area contributed by atoms with E-state index in [-0.39, 0.29) is 0 Å². The van der Waals surface area contributed by atoms with Gasteiger partial charge >= 0.3 is 0 Å². The maximum atomic E-state index is 5.87. The lowest BCUT2D eigenvalue weighted by Crippen LogP contribution is -2.40. The van der Waals surface area contributed by atoms with Crippen molar-refractivity contribution in [3.8, 4) is 0 Å². The zero-order valence-corrected chi connectivity index (χ0v) is 9.10. The van der Waals surface area contributed by atoms with Crippen LogP contribution in [0, 0.1) is 0 Å². The number of rotatable bonds is 3. The van der Waals surface area contributed by atoms with Gasteiger partial charge in [-0.25, -0.2) is 0 Å². The van der Waals surface area contributed by atoms with E-state index in [2.05, 4.69) is 22.0 Å². The molecule has 3 nitrogen and oxygen atoms in total. The Morgan fingerprint density at radius 1 is 1.33 bits per heavy atom. The SMILES string of the molecule is NC1CCN(CCc2ccccn2)CC1. The summed E-state index contributed by atoms with van der Waals surface area (Å²) in [4.78, 5) is 6.81. The first-order chi connectivity index (χ1) is 7.34. The summed E-state index contributed by atoms with van der Waals surface area (Å²) in [6.07, 6.45) is 5.20. The molecule has 2 heterocycles.